The summed E-state index contributed by atoms with van der Waals surface area (Å²) < 4.78 is 7.45. The van der Waals surface area contributed by atoms with Crippen LogP contribution in [0.3, 0.4) is 0 Å². The topological polar surface area (TPSA) is 101 Å². The lowest BCUT2D eigenvalue weighted by Gasteiger charge is -2.28. The number of aromatic nitrogens is 3. The fraction of sp³-hybridized carbons (Fsp3) is 0.273. The van der Waals surface area contributed by atoms with E-state index < -0.39 is 11.9 Å². The lowest BCUT2D eigenvalue weighted by Crippen LogP contribution is -2.38. The van der Waals surface area contributed by atoms with Crippen LogP contribution in [0.2, 0.25) is 0 Å². The third-order valence-electron chi connectivity index (χ3n) is 4.79. The molecule has 1 aliphatic heterocycles. The predicted molar refractivity (Wildman–Crippen MR) is 123 cm³/mol. The van der Waals surface area contributed by atoms with Gasteiger partial charge in [-0.3, -0.25) is 14.7 Å². The molecule has 32 heavy (non-hydrogen) atoms. The highest BCUT2D eigenvalue weighted by atomic mass is 32.2. The number of nitrogens with one attached hydrogen (secondary N) is 2. The van der Waals surface area contributed by atoms with Crippen molar-refractivity contribution in [1.82, 2.24) is 20.1 Å². The van der Waals surface area contributed by atoms with Crippen molar-refractivity contribution in [2.24, 2.45) is 0 Å². The van der Waals surface area contributed by atoms with Gasteiger partial charge in [0, 0.05) is 18.8 Å². The van der Waals surface area contributed by atoms with Gasteiger partial charge in [0.25, 0.3) is 0 Å². The second-order valence-corrected chi connectivity index (χ2v) is 8.05. The first-order valence-corrected chi connectivity index (χ1v) is 11.3. The van der Waals surface area contributed by atoms with Crippen molar-refractivity contribution in [3.63, 3.8) is 0 Å². The number of anilines is 2. The highest BCUT2D eigenvalue weighted by molar-refractivity contribution is 7.99. The monoisotopic (exact) mass is 452 g/mol. The number of benzene rings is 2. The second kappa shape index (κ2) is 10.8. The predicted octanol–water partition coefficient (Wildman–Crippen LogP) is 2.60. The van der Waals surface area contributed by atoms with E-state index in [-0.39, 0.29) is 5.75 Å². The van der Waals surface area contributed by atoms with Gasteiger partial charge in [0.15, 0.2) is 5.16 Å². The fourth-order valence-electron chi connectivity index (χ4n) is 3.27. The SMILES string of the molecule is O=C(CSc1nnc(N2CCOCC2)n1Cc1ccccc1)NC(=O)Nc1ccccc1. The Morgan fingerprint density at radius 3 is 2.38 bits per heavy atom. The molecule has 2 heterocycles. The number of para-hydroxylation sites is 1. The Labute approximate surface area is 190 Å². The van der Waals surface area contributed by atoms with E-state index in [4.69, 9.17) is 4.74 Å². The van der Waals surface area contributed by atoms with Gasteiger partial charge in [0.2, 0.25) is 11.9 Å². The van der Waals surface area contributed by atoms with Gasteiger partial charge >= 0.3 is 6.03 Å². The molecule has 166 valence electrons. The zero-order valence-corrected chi connectivity index (χ0v) is 18.3. The molecule has 1 aliphatic rings. The summed E-state index contributed by atoms with van der Waals surface area (Å²) in [5.41, 5.74) is 1.72. The summed E-state index contributed by atoms with van der Waals surface area (Å²) in [6.45, 7) is 3.33. The van der Waals surface area contributed by atoms with Crippen LogP contribution in [0, 0.1) is 0 Å². The van der Waals surface area contributed by atoms with Crippen molar-refractivity contribution in [3.8, 4) is 0 Å². The first-order valence-electron chi connectivity index (χ1n) is 10.3. The second-order valence-electron chi connectivity index (χ2n) is 7.11. The van der Waals surface area contributed by atoms with E-state index in [9.17, 15) is 9.59 Å². The van der Waals surface area contributed by atoms with E-state index in [0.717, 1.165) is 24.6 Å². The lowest BCUT2D eigenvalue weighted by atomic mass is 10.2. The van der Waals surface area contributed by atoms with Crippen molar-refractivity contribution < 1.29 is 14.3 Å². The first-order chi connectivity index (χ1) is 15.7. The number of thioether (sulfide) groups is 1. The molecule has 1 fully saturated rings. The van der Waals surface area contributed by atoms with E-state index in [1.165, 1.54) is 11.8 Å². The molecule has 4 rings (SSSR count). The third kappa shape index (κ3) is 5.86. The van der Waals surface area contributed by atoms with Gasteiger partial charge in [-0.15, -0.1) is 10.2 Å². The van der Waals surface area contributed by atoms with Crippen LogP contribution in [0.25, 0.3) is 0 Å². The Morgan fingerprint density at radius 2 is 1.66 bits per heavy atom. The molecular weight excluding hydrogens is 428 g/mol. The number of carbonyl (C=O) groups is 2. The number of urea groups is 1. The number of hydrogen-bond acceptors (Lipinski definition) is 7. The minimum Gasteiger partial charge on any atom is -0.378 e. The average molecular weight is 453 g/mol. The van der Waals surface area contributed by atoms with Crippen LogP contribution in [0.1, 0.15) is 5.56 Å². The third-order valence-corrected chi connectivity index (χ3v) is 5.76. The number of imide groups is 1. The number of morpholine rings is 1. The molecule has 2 N–H and O–H groups in total. The van der Waals surface area contributed by atoms with Gasteiger partial charge in [0.1, 0.15) is 0 Å². The summed E-state index contributed by atoms with van der Waals surface area (Å²) in [4.78, 5) is 26.5. The molecule has 0 saturated carbocycles. The van der Waals surface area contributed by atoms with Crippen LogP contribution >= 0.6 is 11.8 Å². The average Bonchev–Trinajstić information content (AvgIpc) is 3.22. The number of ether oxygens (including phenoxy) is 1. The molecule has 0 atom stereocenters. The van der Waals surface area contributed by atoms with Crippen molar-refractivity contribution >= 4 is 35.3 Å². The van der Waals surface area contributed by atoms with Gasteiger partial charge in [-0.05, 0) is 17.7 Å². The van der Waals surface area contributed by atoms with Gasteiger partial charge in [0.05, 0.1) is 25.5 Å². The van der Waals surface area contributed by atoms with Crippen LogP contribution in [0.4, 0.5) is 16.4 Å². The van der Waals surface area contributed by atoms with Gasteiger partial charge < -0.3 is 15.0 Å². The van der Waals surface area contributed by atoms with Gasteiger partial charge in [-0.2, -0.15) is 0 Å². The summed E-state index contributed by atoms with van der Waals surface area (Å²) in [6, 6.07) is 18.4. The molecular formula is C22H24N6O3S. The Hall–Kier alpha value is -3.37. The Kier molecular flexibility index (Phi) is 7.36. The Morgan fingerprint density at radius 1 is 0.969 bits per heavy atom. The molecule has 0 radical (unpaired) electrons. The normalized spacial score (nSPS) is 13.6. The Bertz CT molecular complexity index is 1040. The maximum absolute atomic E-state index is 12.3. The molecule has 3 aromatic rings. The highest BCUT2D eigenvalue weighted by Gasteiger charge is 2.21. The molecule has 10 heteroatoms. The van der Waals surface area contributed by atoms with Crippen LogP contribution in [0.5, 0.6) is 0 Å². The van der Waals surface area contributed by atoms with E-state index in [1.807, 2.05) is 41.0 Å². The molecule has 1 aromatic heterocycles. The van der Waals surface area contributed by atoms with E-state index >= 15 is 0 Å². The minimum atomic E-state index is -0.568. The molecule has 2 aromatic carbocycles. The lowest BCUT2D eigenvalue weighted by molar-refractivity contribution is -0.117. The number of carbonyl (C=O) groups excluding carboxylic acids is 2. The molecule has 0 bridgehead atoms. The van der Waals surface area contributed by atoms with Crippen molar-refractivity contribution in [2.75, 3.05) is 42.3 Å². The van der Waals surface area contributed by atoms with E-state index in [2.05, 4.69) is 25.7 Å². The van der Waals surface area contributed by atoms with Crippen molar-refractivity contribution in [1.29, 1.82) is 0 Å². The smallest absolute Gasteiger partial charge is 0.325 e. The first kappa shape index (κ1) is 21.8. The highest BCUT2D eigenvalue weighted by Crippen LogP contribution is 2.24. The number of rotatable bonds is 7. The van der Waals surface area contributed by atoms with Crippen LogP contribution in [-0.4, -0.2) is 58.8 Å². The minimum absolute atomic E-state index is 0.0399. The quantitative estimate of drug-likeness (QED) is 0.532. The molecule has 3 amide bonds. The van der Waals surface area contributed by atoms with Crippen molar-refractivity contribution in [2.45, 2.75) is 11.7 Å². The number of amides is 3. The molecule has 0 unspecified atom stereocenters. The standard InChI is InChI=1S/C22H24N6O3S/c29-19(24-20(30)23-18-9-5-2-6-10-18)16-32-22-26-25-21(27-11-13-31-14-12-27)28(22)15-17-7-3-1-4-8-17/h1-10H,11-16H2,(H2,23,24,29,30). The molecule has 0 aliphatic carbocycles. The fourth-order valence-corrected chi connectivity index (χ4v) is 4.00. The summed E-state index contributed by atoms with van der Waals surface area (Å²) in [7, 11) is 0. The van der Waals surface area contributed by atoms with Gasteiger partial charge in [-0.1, -0.05) is 60.3 Å². The molecule has 0 spiro atoms. The Balaban J connectivity index is 1.41. The zero-order chi connectivity index (χ0) is 22.2. The number of hydrogen-bond donors (Lipinski definition) is 2. The van der Waals surface area contributed by atoms with Crippen LogP contribution < -0.4 is 15.5 Å². The maximum atomic E-state index is 12.3. The number of nitrogens with zero attached hydrogens (tertiary/aromatic N) is 4. The molecule has 1 saturated heterocycles. The van der Waals surface area contributed by atoms with Gasteiger partial charge in [-0.25, -0.2) is 4.79 Å². The van der Waals surface area contributed by atoms with Crippen LogP contribution in [0.15, 0.2) is 65.8 Å². The van der Waals surface area contributed by atoms with E-state index in [1.54, 1.807) is 24.3 Å². The van der Waals surface area contributed by atoms with Crippen LogP contribution in [-0.2, 0) is 16.1 Å². The molecule has 9 nitrogen and oxygen atoms in total. The summed E-state index contributed by atoms with van der Waals surface area (Å²) in [5.74, 6) is 0.380. The zero-order valence-electron chi connectivity index (χ0n) is 17.4. The summed E-state index contributed by atoms with van der Waals surface area (Å²) >= 11 is 1.25. The van der Waals surface area contributed by atoms with E-state index in [0.29, 0.717) is 30.6 Å². The summed E-state index contributed by atoms with van der Waals surface area (Å²) in [6.07, 6.45) is 0. The largest absolute Gasteiger partial charge is 0.378 e. The maximum Gasteiger partial charge on any atom is 0.325 e. The summed E-state index contributed by atoms with van der Waals surface area (Å²) in [5, 5.41) is 14.3. The van der Waals surface area contributed by atoms with Crippen molar-refractivity contribution in [3.05, 3.63) is 66.2 Å².